The van der Waals surface area contributed by atoms with Crippen LogP contribution < -0.4 is 11.1 Å². The van der Waals surface area contributed by atoms with Gasteiger partial charge in [0.15, 0.2) is 0 Å². The molecule has 1 aromatic rings. The highest BCUT2D eigenvalue weighted by atomic mass is 79.9. The summed E-state index contributed by atoms with van der Waals surface area (Å²) in [5, 5.41) is 3.38. The molecule has 1 rings (SSSR count). The largest absolute Gasteiger partial charge is 0.367 e. The van der Waals surface area contributed by atoms with Crippen molar-refractivity contribution in [2.24, 2.45) is 5.73 Å². The molecule has 1 atom stereocenters. The van der Waals surface area contributed by atoms with E-state index in [9.17, 15) is 0 Å². The second kappa shape index (κ2) is 6.08. The fraction of sp³-hybridized carbons (Fsp3) is 0.545. The van der Waals surface area contributed by atoms with Gasteiger partial charge < -0.3 is 11.1 Å². The van der Waals surface area contributed by atoms with Crippen molar-refractivity contribution in [2.45, 2.75) is 32.7 Å². The molecule has 84 valence electrons. The average Bonchev–Trinajstić information content (AvgIpc) is 2.19. The van der Waals surface area contributed by atoms with Gasteiger partial charge in [0, 0.05) is 16.7 Å². The van der Waals surface area contributed by atoms with Gasteiger partial charge in [-0.25, -0.2) is 4.98 Å². The van der Waals surface area contributed by atoms with Crippen molar-refractivity contribution in [2.75, 3.05) is 11.9 Å². The van der Waals surface area contributed by atoms with Crippen LogP contribution in [-0.2, 0) is 0 Å². The van der Waals surface area contributed by atoms with E-state index in [2.05, 4.69) is 46.1 Å². The van der Waals surface area contributed by atoms with Crippen LogP contribution >= 0.6 is 15.9 Å². The van der Waals surface area contributed by atoms with Gasteiger partial charge in [0.05, 0.1) is 0 Å². The Morgan fingerprint density at radius 1 is 1.60 bits per heavy atom. The predicted molar refractivity (Wildman–Crippen MR) is 68.0 cm³/mol. The fourth-order valence-electron chi connectivity index (χ4n) is 1.42. The van der Waals surface area contributed by atoms with Crippen LogP contribution in [0.3, 0.4) is 0 Å². The van der Waals surface area contributed by atoms with Gasteiger partial charge >= 0.3 is 0 Å². The molecule has 0 fully saturated rings. The van der Waals surface area contributed by atoms with Gasteiger partial charge in [-0.3, -0.25) is 0 Å². The van der Waals surface area contributed by atoms with Gasteiger partial charge in [0.1, 0.15) is 5.82 Å². The van der Waals surface area contributed by atoms with E-state index in [-0.39, 0.29) is 0 Å². The number of hydrogen-bond donors (Lipinski definition) is 2. The summed E-state index contributed by atoms with van der Waals surface area (Å²) in [6.45, 7) is 4.95. The molecule has 0 radical (unpaired) electrons. The van der Waals surface area contributed by atoms with Crippen molar-refractivity contribution in [1.29, 1.82) is 0 Å². The number of rotatable bonds is 5. The first-order valence-electron chi connectivity index (χ1n) is 5.22. The molecule has 0 amide bonds. The van der Waals surface area contributed by atoms with Crippen LogP contribution in [0.1, 0.15) is 25.3 Å². The van der Waals surface area contributed by atoms with Crippen LogP contribution in [0.4, 0.5) is 5.82 Å². The molecule has 0 aliphatic heterocycles. The summed E-state index contributed by atoms with van der Waals surface area (Å²) in [6.07, 6.45) is 3.93. The number of halogens is 1. The molecule has 0 bridgehead atoms. The quantitative estimate of drug-likeness (QED) is 0.866. The Morgan fingerprint density at radius 2 is 2.33 bits per heavy atom. The molecule has 15 heavy (non-hydrogen) atoms. The molecule has 0 aliphatic carbocycles. The van der Waals surface area contributed by atoms with Gasteiger partial charge in [-0.05, 0) is 60.8 Å². The van der Waals surface area contributed by atoms with Crippen LogP contribution in [0.2, 0.25) is 0 Å². The number of hydrogen-bond acceptors (Lipinski definition) is 3. The van der Waals surface area contributed by atoms with Gasteiger partial charge in [-0.1, -0.05) is 0 Å². The summed E-state index contributed by atoms with van der Waals surface area (Å²) >= 11 is 3.40. The third-order valence-electron chi connectivity index (χ3n) is 2.27. The van der Waals surface area contributed by atoms with Crippen LogP contribution in [0.5, 0.6) is 0 Å². The lowest BCUT2D eigenvalue weighted by atomic mass is 10.1. The predicted octanol–water partition coefficient (Wildman–Crippen LogP) is 2.69. The van der Waals surface area contributed by atoms with Gasteiger partial charge in [-0.15, -0.1) is 0 Å². The second-order valence-corrected chi connectivity index (χ2v) is 4.71. The third-order valence-corrected chi connectivity index (χ3v) is 2.70. The zero-order valence-electron chi connectivity index (χ0n) is 9.26. The normalized spacial score (nSPS) is 12.5. The zero-order valence-corrected chi connectivity index (χ0v) is 10.8. The Kier molecular flexibility index (Phi) is 5.05. The maximum Gasteiger partial charge on any atom is 0.129 e. The Hall–Kier alpha value is -0.610. The zero-order chi connectivity index (χ0) is 11.3. The number of nitrogens with zero attached hydrogens (tertiary/aromatic N) is 1. The highest BCUT2D eigenvalue weighted by molar-refractivity contribution is 9.10. The lowest BCUT2D eigenvalue weighted by Crippen LogP contribution is -2.18. The highest BCUT2D eigenvalue weighted by Crippen LogP contribution is 2.18. The average molecular weight is 272 g/mol. The monoisotopic (exact) mass is 271 g/mol. The lowest BCUT2D eigenvalue weighted by molar-refractivity contribution is 0.660. The first kappa shape index (κ1) is 12.5. The molecule has 1 aromatic heterocycles. The maximum atomic E-state index is 5.47. The fourth-order valence-corrected chi connectivity index (χ4v) is 1.87. The molecular formula is C11H18BrN3. The Balaban J connectivity index is 2.56. The molecule has 3 nitrogen and oxygen atoms in total. The number of pyridine rings is 1. The van der Waals surface area contributed by atoms with Gasteiger partial charge in [0.25, 0.3) is 0 Å². The van der Waals surface area contributed by atoms with E-state index in [0.29, 0.717) is 6.04 Å². The van der Waals surface area contributed by atoms with E-state index >= 15 is 0 Å². The SMILES string of the molecule is Cc1cc(Br)cnc1NC(C)CCCN. The molecule has 4 heteroatoms. The summed E-state index contributed by atoms with van der Waals surface area (Å²) in [4.78, 5) is 4.34. The van der Waals surface area contributed by atoms with Crippen LogP contribution in [0, 0.1) is 6.92 Å². The summed E-state index contributed by atoms with van der Waals surface area (Å²) in [5.74, 6) is 0.961. The van der Waals surface area contributed by atoms with E-state index in [1.54, 1.807) is 0 Å². The van der Waals surface area contributed by atoms with E-state index < -0.39 is 0 Å². The minimum absolute atomic E-state index is 0.418. The highest BCUT2D eigenvalue weighted by Gasteiger charge is 2.05. The number of anilines is 1. The molecule has 0 saturated carbocycles. The van der Waals surface area contributed by atoms with Crippen molar-refractivity contribution in [3.05, 3.63) is 22.3 Å². The van der Waals surface area contributed by atoms with Crippen LogP contribution in [0.15, 0.2) is 16.7 Å². The summed E-state index contributed by atoms with van der Waals surface area (Å²) in [7, 11) is 0. The van der Waals surface area contributed by atoms with Gasteiger partial charge in [0.2, 0.25) is 0 Å². The Morgan fingerprint density at radius 3 is 2.93 bits per heavy atom. The lowest BCUT2D eigenvalue weighted by Gasteiger charge is -2.15. The van der Waals surface area contributed by atoms with Crippen molar-refractivity contribution >= 4 is 21.7 Å². The molecule has 0 aromatic carbocycles. The standard InChI is InChI=1S/C11H18BrN3/c1-8-6-10(12)7-14-11(8)15-9(2)4-3-5-13/h6-7,9H,3-5,13H2,1-2H3,(H,14,15). The summed E-state index contributed by atoms with van der Waals surface area (Å²) in [5.41, 5.74) is 6.63. The van der Waals surface area contributed by atoms with Crippen molar-refractivity contribution in [3.63, 3.8) is 0 Å². The van der Waals surface area contributed by atoms with E-state index in [4.69, 9.17) is 5.73 Å². The van der Waals surface area contributed by atoms with Crippen LogP contribution in [0.25, 0.3) is 0 Å². The minimum atomic E-state index is 0.418. The first-order valence-corrected chi connectivity index (χ1v) is 6.01. The number of nitrogens with two attached hydrogens (primary N) is 1. The van der Waals surface area contributed by atoms with E-state index in [0.717, 1.165) is 35.2 Å². The maximum absolute atomic E-state index is 5.47. The molecular weight excluding hydrogens is 254 g/mol. The molecule has 1 heterocycles. The molecule has 0 spiro atoms. The van der Waals surface area contributed by atoms with E-state index in [1.807, 2.05) is 6.20 Å². The van der Waals surface area contributed by atoms with E-state index in [1.165, 1.54) is 0 Å². The molecule has 0 aliphatic rings. The van der Waals surface area contributed by atoms with Gasteiger partial charge in [-0.2, -0.15) is 0 Å². The minimum Gasteiger partial charge on any atom is -0.367 e. The molecule has 3 N–H and O–H groups in total. The number of aryl methyl sites for hydroxylation is 1. The van der Waals surface area contributed by atoms with Crippen molar-refractivity contribution in [1.82, 2.24) is 4.98 Å². The second-order valence-electron chi connectivity index (χ2n) is 3.80. The number of aromatic nitrogens is 1. The topological polar surface area (TPSA) is 50.9 Å². The summed E-state index contributed by atoms with van der Waals surface area (Å²) in [6, 6.07) is 2.48. The Labute approximate surface area is 99.6 Å². The smallest absolute Gasteiger partial charge is 0.129 e. The number of nitrogens with one attached hydrogen (secondary N) is 1. The molecule has 1 unspecified atom stereocenters. The van der Waals surface area contributed by atoms with Crippen molar-refractivity contribution in [3.8, 4) is 0 Å². The van der Waals surface area contributed by atoms with Crippen molar-refractivity contribution < 1.29 is 0 Å². The first-order chi connectivity index (χ1) is 7.13. The van der Waals surface area contributed by atoms with Crippen LogP contribution in [-0.4, -0.2) is 17.6 Å². The third kappa shape index (κ3) is 4.18. The molecule has 0 saturated heterocycles. The Bertz CT molecular complexity index is 315. The summed E-state index contributed by atoms with van der Waals surface area (Å²) < 4.78 is 1.01.